The molecule has 1 aliphatic heterocycles. The fourth-order valence-electron chi connectivity index (χ4n) is 2.56. The lowest BCUT2D eigenvalue weighted by Gasteiger charge is -2.26. The van der Waals surface area contributed by atoms with Crippen LogP contribution in [0.3, 0.4) is 0 Å². The highest BCUT2D eigenvalue weighted by Crippen LogP contribution is 2.26. The monoisotopic (exact) mass is 364 g/mol. The van der Waals surface area contributed by atoms with Crippen LogP contribution in [0.2, 0.25) is 0 Å². The van der Waals surface area contributed by atoms with Crippen molar-refractivity contribution in [1.29, 1.82) is 0 Å². The number of esters is 1. The van der Waals surface area contributed by atoms with Gasteiger partial charge in [0.15, 0.2) is 6.10 Å². The maximum absolute atomic E-state index is 12.6. The Balaban J connectivity index is 2.24. The Hall–Kier alpha value is -2.35. The number of ether oxygens (including phenoxy) is 1. The van der Waals surface area contributed by atoms with Crippen molar-refractivity contribution in [2.45, 2.75) is 19.1 Å². The number of hydrogen-bond donors (Lipinski definition) is 0. The number of amides is 3. The Morgan fingerprint density at radius 1 is 1.16 bits per heavy atom. The second-order valence-corrected chi connectivity index (χ2v) is 6.72. The SMILES string of the molecule is CSC[C@@H](C(=O)O[C@H](C)C(=O)N(C)C)N1C(=O)c2ccccc2C1=O. The average molecular weight is 364 g/mol. The van der Waals surface area contributed by atoms with Gasteiger partial charge < -0.3 is 9.64 Å². The van der Waals surface area contributed by atoms with Crippen LogP contribution in [0.15, 0.2) is 24.3 Å². The van der Waals surface area contributed by atoms with Crippen LogP contribution < -0.4 is 0 Å². The summed E-state index contributed by atoms with van der Waals surface area (Å²) < 4.78 is 5.21. The van der Waals surface area contributed by atoms with E-state index >= 15 is 0 Å². The molecule has 0 N–H and O–H groups in total. The van der Waals surface area contributed by atoms with E-state index in [1.807, 2.05) is 0 Å². The third-order valence-corrected chi connectivity index (χ3v) is 4.46. The highest BCUT2D eigenvalue weighted by Gasteiger charge is 2.43. The molecule has 2 atom stereocenters. The zero-order valence-electron chi connectivity index (χ0n) is 14.5. The second-order valence-electron chi connectivity index (χ2n) is 5.81. The molecule has 3 amide bonds. The fraction of sp³-hybridized carbons (Fsp3) is 0.412. The van der Waals surface area contributed by atoms with Gasteiger partial charge >= 0.3 is 5.97 Å². The van der Waals surface area contributed by atoms with Crippen molar-refractivity contribution in [3.8, 4) is 0 Å². The van der Waals surface area contributed by atoms with Crippen LogP contribution in [0.1, 0.15) is 27.6 Å². The molecule has 2 rings (SSSR count). The summed E-state index contributed by atoms with van der Waals surface area (Å²) in [6.07, 6.45) is 0.759. The zero-order valence-corrected chi connectivity index (χ0v) is 15.3. The van der Waals surface area contributed by atoms with Crippen molar-refractivity contribution in [2.75, 3.05) is 26.1 Å². The first-order valence-corrected chi connectivity index (χ1v) is 9.06. The molecule has 0 radical (unpaired) electrons. The lowest BCUT2D eigenvalue weighted by Crippen LogP contribution is -2.49. The molecule has 0 spiro atoms. The maximum atomic E-state index is 12.6. The fourth-order valence-corrected chi connectivity index (χ4v) is 3.16. The first kappa shape index (κ1) is 19.0. The molecule has 0 saturated carbocycles. The highest BCUT2D eigenvalue weighted by atomic mass is 32.2. The number of rotatable bonds is 6. The van der Waals surface area contributed by atoms with Gasteiger partial charge in [-0.05, 0) is 25.3 Å². The molecule has 0 saturated heterocycles. The van der Waals surface area contributed by atoms with Crippen molar-refractivity contribution in [3.63, 3.8) is 0 Å². The number of benzene rings is 1. The molecule has 1 heterocycles. The summed E-state index contributed by atoms with van der Waals surface area (Å²) in [4.78, 5) is 51.8. The minimum atomic E-state index is -1.08. The van der Waals surface area contributed by atoms with Crippen molar-refractivity contribution in [2.24, 2.45) is 0 Å². The number of thioether (sulfide) groups is 1. The normalized spacial score (nSPS) is 15.6. The number of fused-ring (bicyclic) bond motifs is 1. The molecule has 0 aliphatic carbocycles. The van der Waals surface area contributed by atoms with Gasteiger partial charge in [0.25, 0.3) is 17.7 Å². The Kier molecular flexibility index (Phi) is 5.84. The van der Waals surface area contributed by atoms with Crippen molar-refractivity contribution >= 4 is 35.5 Å². The summed E-state index contributed by atoms with van der Waals surface area (Å²) in [5, 5.41) is 0. The summed E-state index contributed by atoms with van der Waals surface area (Å²) in [6.45, 7) is 1.46. The van der Waals surface area contributed by atoms with E-state index < -0.39 is 29.9 Å². The number of carbonyl (C=O) groups is 4. The lowest BCUT2D eigenvalue weighted by atomic mass is 10.1. The maximum Gasteiger partial charge on any atom is 0.331 e. The summed E-state index contributed by atoms with van der Waals surface area (Å²) in [5.74, 6) is -2.01. The van der Waals surface area contributed by atoms with Crippen LogP contribution in [0.4, 0.5) is 0 Å². The van der Waals surface area contributed by atoms with Gasteiger partial charge in [0.2, 0.25) is 0 Å². The molecule has 1 aromatic rings. The minimum absolute atomic E-state index is 0.188. The van der Waals surface area contributed by atoms with E-state index in [2.05, 4.69) is 0 Å². The van der Waals surface area contributed by atoms with Crippen molar-refractivity contribution in [1.82, 2.24) is 9.80 Å². The number of hydrogen-bond acceptors (Lipinski definition) is 6. The van der Waals surface area contributed by atoms with E-state index in [9.17, 15) is 19.2 Å². The number of carbonyl (C=O) groups excluding carboxylic acids is 4. The molecular weight excluding hydrogens is 344 g/mol. The molecule has 0 bridgehead atoms. The first-order valence-electron chi connectivity index (χ1n) is 7.67. The molecule has 25 heavy (non-hydrogen) atoms. The van der Waals surface area contributed by atoms with Gasteiger partial charge in [0, 0.05) is 19.8 Å². The zero-order chi connectivity index (χ0) is 18.7. The van der Waals surface area contributed by atoms with Gasteiger partial charge in [-0.3, -0.25) is 19.3 Å². The third-order valence-electron chi connectivity index (χ3n) is 3.82. The summed E-state index contributed by atoms with van der Waals surface area (Å²) in [7, 11) is 3.10. The minimum Gasteiger partial charge on any atom is -0.451 e. The van der Waals surface area contributed by atoms with Crippen LogP contribution in [0, 0.1) is 0 Å². The van der Waals surface area contributed by atoms with Gasteiger partial charge in [0.1, 0.15) is 6.04 Å². The van der Waals surface area contributed by atoms with Gasteiger partial charge in [-0.2, -0.15) is 11.8 Å². The van der Waals surface area contributed by atoms with Gasteiger partial charge in [-0.1, -0.05) is 12.1 Å². The van der Waals surface area contributed by atoms with Crippen LogP contribution >= 0.6 is 11.8 Å². The molecule has 1 aromatic carbocycles. The molecule has 8 heteroatoms. The number of likely N-dealkylation sites (N-methyl/N-ethyl adjacent to an activating group) is 1. The Bertz CT molecular complexity index is 684. The number of nitrogens with zero attached hydrogens (tertiary/aromatic N) is 2. The molecule has 0 fully saturated rings. The summed E-state index contributed by atoms with van der Waals surface area (Å²) in [5.41, 5.74) is 0.535. The second kappa shape index (κ2) is 7.69. The van der Waals surface area contributed by atoms with Crippen molar-refractivity contribution in [3.05, 3.63) is 35.4 Å². The summed E-state index contributed by atoms with van der Waals surface area (Å²) in [6, 6.07) is 5.34. The van der Waals surface area contributed by atoms with Crippen LogP contribution in [0.5, 0.6) is 0 Å². The highest BCUT2D eigenvalue weighted by molar-refractivity contribution is 7.98. The van der Waals surface area contributed by atoms with E-state index in [4.69, 9.17) is 4.74 Å². The van der Waals surface area contributed by atoms with Gasteiger partial charge in [-0.15, -0.1) is 0 Å². The van der Waals surface area contributed by atoms with E-state index in [1.165, 1.54) is 23.6 Å². The molecular formula is C17H20N2O5S. The van der Waals surface area contributed by atoms with Crippen molar-refractivity contribution < 1.29 is 23.9 Å². The molecule has 134 valence electrons. The van der Waals surface area contributed by atoms with Crippen LogP contribution in [-0.2, 0) is 14.3 Å². The van der Waals surface area contributed by atoms with E-state index in [0.29, 0.717) is 0 Å². The quantitative estimate of drug-likeness (QED) is 0.554. The average Bonchev–Trinajstić information content (AvgIpc) is 2.83. The number of imide groups is 1. The largest absolute Gasteiger partial charge is 0.451 e. The standard InChI is InChI=1S/C17H20N2O5S/c1-10(14(20)18(2)3)24-17(23)13(9-25-4)19-15(21)11-7-5-6-8-12(11)16(19)22/h5-8,10,13H,9H2,1-4H3/t10-,13+/m1/s1. The molecule has 0 unspecified atom stereocenters. The van der Waals surface area contributed by atoms with E-state index in [0.717, 1.165) is 4.90 Å². The third kappa shape index (κ3) is 3.68. The summed E-state index contributed by atoms with van der Waals surface area (Å²) >= 11 is 1.31. The molecule has 1 aliphatic rings. The first-order chi connectivity index (χ1) is 11.8. The Morgan fingerprint density at radius 2 is 1.68 bits per heavy atom. The smallest absolute Gasteiger partial charge is 0.331 e. The van der Waals surface area contributed by atoms with Crippen LogP contribution in [0.25, 0.3) is 0 Å². The Morgan fingerprint density at radius 3 is 2.12 bits per heavy atom. The van der Waals surface area contributed by atoms with Crippen LogP contribution in [-0.4, -0.2) is 71.7 Å². The topological polar surface area (TPSA) is 84.0 Å². The lowest BCUT2D eigenvalue weighted by molar-refractivity contribution is -0.160. The van der Waals surface area contributed by atoms with Gasteiger partial charge in [0.05, 0.1) is 11.1 Å². The predicted molar refractivity (Wildman–Crippen MR) is 93.4 cm³/mol. The van der Waals surface area contributed by atoms with E-state index in [1.54, 1.807) is 44.6 Å². The van der Waals surface area contributed by atoms with Gasteiger partial charge in [-0.25, -0.2) is 4.79 Å². The Labute approximate surface area is 150 Å². The predicted octanol–water partition coefficient (Wildman–Crippen LogP) is 1.03. The van der Waals surface area contributed by atoms with E-state index in [-0.39, 0.29) is 22.8 Å². The molecule has 0 aromatic heterocycles. The molecule has 7 nitrogen and oxygen atoms in total.